The first kappa shape index (κ1) is 13.5. The Morgan fingerprint density at radius 1 is 1.26 bits per heavy atom. The van der Waals surface area contributed by atoms with Crippen LogP contribution in [0.25, 0.3) is 0 Å². The molecule has 1 N–H and O–H groups in total. The molecule has 2 atom stereocenters. The van der Waals surface area contributed by atoms with E-state index in [4.69, 9.17) is 0 Å². The maximum absolute atomic E-state index is 3.98. The number of fused-ring (bicyclic) bond motifs is 1. The van der Waals surface area contributed by atoms with Crippen molar-refractivity contribution in [2.24, 2.45) is 5.41 Å². The third kappa shape index (κ3) is 2.85. The molecule has 0 spiro atoms. The van der Waals surface area contributed by atoms with Gasteiger partial charge in [0.25, 0.3) is 0 Å². The molecule has 0 bridgehead atoms. The Hall–Kier alpha value is -0.470. The first-order valence-electron chi connectivity index (χ1n) is 7.58. The van der Waals surface area contributed by atoms with Crippen LogP contribution in [0.15, 0.2) is 24.3 Å². The van der Waals surface area contributed by atoms with Crippen LogP contribution in [-0.4, -0.2) is 17.5 Å². The van der Waals surface area contributed by atoms with Gasteiger partial charge in [-0.05, 0) is 48.0 Å². The summed E-state index contributed by atoms with van der Waals surface area (Å²) in [5.41, 5.74) is 3.48. The summed E-state index contributed by atoms with van der Waals surface area (Å²) in [6.45, 7) is 4.85. The van der Waals surface area contributed by atoms with Crippen LogP contribution < -0.4 is 5.32 Å². The van der Waals surface area contributed by atoms with E-state index in [-0.39, 0.29) is 0 Å². The summed E-state index contributed by atoms with van der Waals surface area (Å²) in [4.78, 5) is 0. The lowest BCUT2D eigenvalue weighted by molar-refractivity contribution is 0.194. The van der Waals surface area contributed by atoms with Gasteiger partial charge >= 0.3 is 0 Å². The van der Waals surface area contributed by atoms with Crippen LogP contribution in [0.5, 0.6) is 0 Å². The van der Waals surface area contributed by atoms with E-state index in [2.05, 4.69) is 55.2 Å². The number of rotatable bonds is 2. The van der Waals surface area contributed by atoms with Crippen LogP contribution in [-0.2, 0) is 6.42 Å². The Morgan fingerprint density at radius 3 is 2.89 bits per heavy atom. The van der Waals surface area contributed by atoms with Gasteiger partial charge in [0.1, 0.15) is 0 Å². The summed E-state index contributed by atoms with van der Waals surface area (Å²) in [6.07, 6.45) is 5.25. The second-order valence-corrected chi connectivity index (χ2v) is 7.85. The largest absolute Gasteiger partial charge is 0.306 e. The Labute approximate surface area is 121 Å². The Morgan fingerprint density at radius 2 is 2.11 bits per heavy atom. The minimum absolute atomic E-state index is 0.371. The van der Waals surface area contributed by atoms with E-state index >= 15 is 0 Å². The number of nitrogens with one attached hydrogen (secondary N) is 1. The molecule has 1 saturated heterocycles. The van der Waals surface area contributed by atoms with Crippen LogP contribution in [0.2, 0.25) is 0 Å². The molecule has 1 aromatic rings. The first-order chi connectivity index (χ1) is 9.17. The van der Waals surface area contributed by atoms with Crippen LogP contribution >= 0.6 is 11.8 Å². The molecule has 0 radical (unpaired) electrons. The van der Waals surface area contributed by atoms with E-state index in [0.717, 1.165) is 0 Å². The highest BCUT2D eigenvalue weighted by atomic mass is 32.2. The fourth-order valence-electron chi connectivity index (χ4n) is 3.49. The monoisotopic (exact) mass is 275 g/mol. The molecule has 1 nitrogen and oxygen atoms in total. The summed E-state index contributed by atoms with van der Waals surface area (Å²) in [6, 6.07) is 10.3. The maximum atomic E-state index is 3.98. The van der Waals surface area contributed by atoms with E-state index in [1.807, 2.05) is 0 Å². The van der Waals surface area contributed by atoms with Crippen molar-refractivity contribution in [1.29, 1.82) is 0 Å². The molecular weight excluding hydrogens is 250 g/mol. The summed E-state index contributed by atoms with van der Waals surface area (Å²) < 4.78 is 0. The standard InChI is InChI=1S/C17H25NS/c1-17(2)10-9-13-6-3-4-8-15(13)16(17)18-14-7-5-11-19-12-14/h3-4,6,8,14,16,18H,5,7,9-12H2,1-2H3. The predicted octanol–water partition coefficient (Wildman–Crippen LogP) is 4.19. The molecule has 0 aromatic heterocycles. The molecule has 1 aliphatic carbocycles. The van der Waals surface area contributed by atoms with Gasteiger partial charge in [-0.3, -0.25) is 0 Å². The van der Waals surface area contributed by atoms with Crippen LogP contribution in [0, 0.1) is 5.41 Å². The van der Waals surface area contributed by atoms with Crippen molar-refractivity contribution in [2.45, 2.75) is 51.6 Å². The van der Waals surface area contributed by atoms with E-state index in [1.54, 1.807) is 11.1 Å². The van der Waals surface area contributed by atoms with Gasteiger partial charge in [0.2, 0.25) is 0 Å². The number of hydrogen-bond donors (Lipinski definition) is 1. The molecule has 1 aromatic carbocycles. The van der Waals surface area contributed by atoms with Crippen molar-refractivity contribution < 1.29 is 0 Å². The fourth-order valence-corrected chi connectivity index (χ4v) is 4.57. The minimum Gasteiger partial charge on any atom is -0.306 e. The van der Waals surface area contributed by atoms with Crippen molar-refractivity contribution in [1.82, 2.24) is 5.32 Å². The Bertz CT molecular complexity index is 435. The van der Waals surface area contributed by atoms with Gasteiger partial charge in [-0.2, -0.15) is 11.8 Å². The first-order valence-corrected chi connectivity index (χ1v) is 8.74. The highest BCUT2D eigenvalue weighted by molar-refractivity contribution is 7.99. The molecule has 19 heavy (non-hydrogen) atoms. The number of aryl methyl sites for hydroxylation is 1. The van der Waals surface area contributed by atoms with Gasteiger partial charge in [0.05, 0.1) is 0 Å². The van der Waals surface area contributed by atoms with Crippen LogP contribution in [0.1, 0.15) is 50.3 Å². The average Bonchev–Trinajstić information content (AvgIpc) is 2.43. The fraction of sp³-hybridized carbons (Fsp3) is 0.647. The van der Waals surface area contributed by atoms with Crippen molar-refractivity contribution in [3.8, 4) is 0 Å². The molecule has 3 rings (SSSR count). The van der Waals surface area contributed by atoms with E-state index in [1.165, 1.54) is 37.2 Å². The van der Waals surface area contributed by atoms with Crippen molar-refractivity contribution >= 4 is 11.8 Å². The lowest BCUT2D eigenvalue weighted by atomic mass is 9.70. The highest BCUT2D eigenvalue weighted by Gasteiger charge is 2.36. The Balaban J connectivity index is 1.84. The predicted molar refractivity (Wildman–Crippen MR) is 84.8 cm³/mol. The number of hydrogen-bond acceptors (Lipinski definition) is 2. The Kier molecular flexibility index (Phi) is 3.91. The van der Waals surface area contributed by atoms with E-state index in [9.17, 15) is 0 Å². The van der Waals surface area contributed by atoms with Crippen LogP contribution in [0.4, 0.5) is 0 Å². The zero-order valence-electron chi connectivity index (χ0n) is 12.1. The zero-order chi connectivity index (χ0) is 13.3. The quantitative estimate of drug-likeness (QED) is 0.869. The minimum atomic E-state index is 0.371. The molecule has 2 unspecified atom stereocenters. The lowest BCUT2D eigenvalue weighted by Gasteiger charge is -2.43. The second-order valence-electron chi connectivity index (χ2n) is 6.70. The average molecular weight is 275 g/mol. The topological polar surface area (TPSA) is 12.0 Å². The molecule has 0 saturated carbocycles. The van der Waals surface area contributed by atoms with Gasteiger partial charge in [0, 0.05) is 17.8 Å². The summed E-state index contributed by atoms with van der Waals surface area (Å²) in [5.74, 6) is 2.64. The summed E-state index contributed by atoms with van der Waals surface area (Å²) in [7, 11) is 0. The number of benzene rings is 1. The van der Waals surface area contributed by atoms with Gasteiger partial charge < -0.3 is 5.32 Å². The maximum Gasteiger partial charge on any atom is 0.0377 e. The molecule has 1 heterocycles. The molecule has 2 heteroatoms. The second kappa shape index (κ2) is 5.49. The van der Waals surface area contributed by atoms with Crippen molar-refractivity contribution in [2.75, 3.05) is 11.5 Å². The van der Waals surface area contributed by atoms with E-state index in [0.29, 0.717) is 17.5 Å². The SMILES string of the molecule is CC1(C)CCc2ccccc2C1NC1CCCSC1. The summed E-state index contributed by atoms with van der Waals surface area (Å²) >= 11 is 2.11. The molecule has 0 amide bonds. The highest BCUT2D eigenvalue weighted by Crippen LogP contribution is 2.44. The molecular formula is C17H25NS. The van der Waals surface area contributed by atoms with Crippen molar-refractivity contribution in [3.63, 3.8) is 0 Å². The molecule has 1 fully saturated rings. The number of thioether (sulfide) groups is 1. The summed E-state index contributed by atoms with van der Waals surface area (Å²) in [5, 5.41) is 3.98. The smallest absolute Gasteiger partial charge is 0.0377 e. The molecule has 104 valence electrons. The molecule has 2 aliphatic rings. The van der Waals surface area contributed by atoms with Gasteiger partial charge in [-0.1, -0.05) is 38.1 Å². The normalized spacial score (nSPS) is 29.8. The van der Waals surface area contributed by atoms with Crippen molar-refractivity contribution in [3.05, 3.63) is 35.4 Å². The van der Waals surface area contributed by atoms with Gasteiger partial charge in [-0.25, -0.2) is 0 Å². The molecule has 1 aliphatic heterocycles. The van der Waals surface area contributed by atoms with Gasteiger partial charge in [-0.15, -0.1) is 0 Å². The van der Waals surface area contributed by atoms with E-state index < -0.39 is 0 Å². The lowest BCUT2D eigenvalue weighted by Crippen LogP contribution is -2.44. The third-order valence-electron chi connectivity index (χ3n) is 4.75. The van der Waals surface area contributed by atoms with Crippen LogP contribution in [0.3, 0.4) is 0 Å². The zero-order valence-corrected chi connectivity index (χ0v) is 12.9. The third-order valence-corrected chi connectivity index (χ3v) is 5.96. The van der Waals surface area contributed by atoms with Gasteiger partial charge in [0.15, 0.2) is 0 Å².